The quantitative estimate of drug-likeness (QED) is 0.677. The molecule has 7 heteroatoms. The molecule has 1 aliphatic rings. The van der Waals surface area contributed by atoms with E-state index in [1.54, 1.807) is 12.1 Å². The number of fused-ring (bicyclic) bond motifs is 1. The fraction of sp³-hybridized carbons (Fsp3) is 0.429. The number of imidazole rings is 1. The second-order valence-electron chi connectivity index (χ2n) is 5.48. The van der Waals surface area contributed by atoms with Gasteiger partial charge in [-0.2, -0.15) is 0 Å². The lowest BCUT2D eigenvalue weighted by atomic mass is 9.87. The molecule has 21 heavy (non-hydrogen) atoms. The molecule has 0 radical (unpaired) electrons. The second-order valence-corrected chi connectivity index (χ2v) is 6.34. The van der Waals surface area contributed by atoms with Gasteiger partial charge in [-0.15, -0.1) is 0 Å². The smallest absolute Gasteiger partial charge is 0.323 e. The summed E-state index contributed by atoms with van der Waals surface area (Å²) in [5, 5.41) is 19.8. The minimum atomic E-state index is -0.870. The van der Waals surface area contributed by atoms with Crippen LogP contribution in [0, 0.1) is 11.8 Å². The van der Waals surface area contributed by atoms with E-state index in [4.69, 9.17) is 0 Å². The van der Waals surface area contributed by atoms with Crippen LogP contribution in [0.2, 0.25) is 0 Å². The van der Waals surface area contributed by atoms with Gasteiger partial charge in [-0.3, -0.25) is 4.79 Å². The minimum absolute atomic E-state index is 0.304. The van der Waals surface area contributed by atoms with Crippen LogP contribution in [0.5, 0.6) is 0 Å². The zero-order chi connectivity index (χ0) is 15.1. The Hall–Kier alpha value is -1.60. The average Bonchev–Trinajstić information content (AvgIpc) is 3.02. The molecule has 1 aliphatic carbocycles. The van der Waals surface area contributed by atoms with Crippen molar-refractivity contribution in [1.82, 2.24) is 9.97 Å². The summed E-state index contributed by atoms with van der Waals surface area (Å²) in [6, 6.07) is 3.41. The number of aliphatic hydroxyl groups excluding tert-OH is 1. The Morgan fingerprint density at radius 3 is 2.62 bits per heavy atom. The lowest BCUT2D eigenvalue weighted by molar-refractivity contribution is -0.144. The molecule has 0 saturated heterocycles. The number of aliphatic carboxylic acids is 1. The number of aromatic amines is 2. The number of nitrogens with one attached hydrogen (secondary N) is 2. The largest absolute Gasteiger partial charge is 0.481 e. The predicted molar refractivity (Wildman–Crippen MR) is 80.0 cm³/mol. The first kappa shape index (κ1) is 14.3. The molecule has 1 saturated carbocycles. The highest BCUT2D eigenvalue weighted by molar-refractivity contribution is 9.10. The molecule has 3 rings (SSSR count). The minimum Gasteiger partial charge on any atom is -0.481 e. The Balaban J connectivity index is 2.00. The molecule has 1 aromatic heterocycles. The van der Waals surface area contributed by atoms with Crippen molar-refractivity contribution in [2.45, 2.75) is 25.4 Å². The number of aliphatic hydroxyl groups is 1. The normalized spacial score (nSPS) is 23.5. The molecule has 1 heterocycles. The van der Waals surface area contributed by atoms with E-state index in [9.17, 15) is 19.8 Å². The van der Waals surface area contributed by atoms with Gasteiger partial charge in [0.15, 0.2) is 0 Å². The fourth-order valence-corrected chi connectivity index (χ4v) is 3.78. The molecular formula is C14H15BrN2O4. The van der Waals surface area contributed by atoms with E-state index in [1.807, 2.05) is 0 Å². The molecular weight excluding hydrogens is 340 g/mol. The van der Waals surface area contributed by atoms with Crippen LogP contribution in [-0.4, -0.2) is 26.2 Å². The van der Waals surface area contributed by atoms with Crippen LogP contribution in [0.3, 0.4) is 0 Å². The van der Waals surface area contributed by atoms with Gasteiger partial charge in [-0.05, 0) is 30.5 Å². The van der Waals surface area contributed by atoms with Crippen molar-refractivity contribution in [2.75, 3.05) is 0 Å². The van der Waals surface area contributed by atoms with Gasteiger partial charge in [0.05, 0.1) is 23.1 Å². The first-order valence-corrected chi connectivity index (χ1v) is 7.59. The highest BCUT2D eigenvalue weighted by atomic mass is 79.9. The van der Waals surface area contributed by atoms with E-state index >= 15 is 0 Å². The number of hydrogen-bond donors (Lipinski definition) is 4. The van der Waals surface area contributed by atoms with Crippen LogP contribution in [0.4, 0.5) is 0 Å². The lowest BCUT2D eigenvalue weighted by Crippen LogP contribution is -2.24. The molecule has 1 fully saturated rings. The molecule has 4 N–H and O–H groups in total. The second kappa shape index (κ2) is 5.31. The average molecular weight is 355 g/mol. The maximum atomic E-state index is 11.3. The fourth-order valence-electron chi connectivity index (χ4n) is 3.20. The maximum Gasteiger partial charge on any atom is 0.323 e. The van der Waals surface area contributed by atoms with Crippen LogP contribution in [0.15, 0.2) is 21.4 Å². The topological polar surface area (TPSA) is 106 Å². The number of benzene rings is 1. The van der Waals surface area contributed by atoms with Crippen LogP contribution < -0.4 is 5.69 Å². The summed E-state index contributed by atoms with van der Waals surface area (Å²) in [6.45, 7) is 0. The zero-order valence-corrected chi connectivity index (χ0v) is 12.7. The summed E-state index contributed by atoms with van der Waals surface area (Å²) in [5.74, 6) is -1.68. The van der Waals surface area contributed by atoms with Gasteiger partial charge in [0.2, 0.25) is 0 Å². The Morgan fingerprint density at radius 2 is 1.95 bits per heavy atom. The first-order valence-electron chi connectivity index (χ1n) is 6.79. The first-order chi connectivity index (χ1) is 9.97. The Kier molecular flexibility index (Phi) is 3.62. The SMILES string of the molecule is O=C(O)C1CCCC1C(O)c1cc2[nH]c(=O)[nH]c2cc1Br. The van der Waals surface area contributed by atoms with Crippen LogP contribution >= 0.6 is 15.9 Å². The molecule has 112 valence electrons. The highest BCUT2D eigenvalue weighted by Crippen LogP contribution is 2.42. The number of halogens is 1. The Morgan fingerprint density at radius 1 is 1.29 bits per heavy atom. The molecule has 6 nitrogen and oxygen atoms in total. The van der Waals surface area contributed by atoms with E-state index < -0.39 is 18.0 Å². The monoisotopic (exact) mass is 354 g/mol. The maximum absolute atomic E-state index is 11.3. The van der Waals surface area contributed by atoms with E-state index in [0.717, 1.165) is 6.42 Å². The summed E-state index contributed by atoms with van der Waals surface area (Å²) in [7, 11) is 0. The van der Waals surface area contributed by atoms with Gasteiger partial charge in [0.1, 0.15) is 0 Å². The van der Waals surface area contributed by atoms with Crippen molar-refractivity contribution in [3.8, 4) is 0 Å². The molecule has 0 bridgehead atoms. The number of H-pyrrole nitrogens is 2. The molecule has 0 aliphatic heterocycles. The van der Waals surface area contributed by atoms with Crippen molar-refractivity contribution in [2.24, 2.45) is 11.8 Å². The summed E-state index contributed by atoms with van der Waals surface area (Å²) in [6.07, 6.45) is 1.22. The number of carboxylic acid groups (broad SMARTS) is 1. The summed E-state index contributed by atoms with van der Waals surface area (Å²) >= 11 is 3.39. The molecule has 1 aromatic carbocycles. The standard InChI is InChI=1S/C14H15BrN2O4/c15-9-5-11-10(16-14(21)17-11)4-8(9)12(18)6-2-1-3-7(6)13(19)20/h4-7,12,18H,1-3H2,(H,19,20)(H2,16,17,21). The highest BCUT2D eigenvalue weighted by Gasteiger charge is 2.38. The van der Waals surface area contributed by atoms with E-state index in [2.05, 4.69) is 25.9 Å². The molecule has 3 atom stereocenters. The predicted octanol–water partition coefficient (Wildman–Crippen LogP) is 2.15. The Bertz CT molecular complexity index is 751. The Labute approximate surface area is 128 Å². The lowest BCUT2D eigenvalue weighted by Gasteiger charge is -2.23. The van der Waals surface area contributed by atoms with Crippen LogP contribution in [0.1, 0.15) is 30.9 Å². The number of aromatic nitrogens is 2. The van der Waals surface area contributed by atoms with Crippen molar-refractivity contribution in [3.05, 3.63) is 32.7 Å². The zero-order valence-electron chi connectivity index (χ0n) is 11.1. The third-order valence-corrected chi connectivity index (χ3v) is 4.93. The number of hydrogen-bond acceptors (Lipinski definition) is 3. The van der Waals surface area contributed by atoms with E-state index in [0.29, 0.717) is 33.9 Å². The van der Waals surface area contributed by atoms with Crippen molar-refractivity contribution < 1.29 is 15.0 Å². The van der Waals surface area contributed by atoms with Gasteiger partial charge in [0.25, 0.3) is 0 Å². The summed E-state index contributed by atoms with van der Waals surface area (Å²) in [5.41, 5.74) is 1.54. The number of carbonyl (C=O) groups is 1. The van der Waals surface area contributed by atoms with Gasteiger partial charge < -0.3 is 20.2 Å². The molecule has 2 aromatic rings. The molecule has 0 amide bonds. The van der Waals surface area contributed by atoms with Gasteiger partial charge in [-0.1, -0.05) is 22.4 Å². The van der Waals surface area contributed by atoms with Gasteiger partial charge in [0, 0.05) is 10.4 Å². The van der Waals surface area contributed by atoms with Crippen LogP contribution in [-0.2, 0) is 4.79 Å². The third kappa shape index (κ3) is 2.51. The van der Waals surface area contributed by atoms with E-state index in [1.165, 1.54) is 0 Å². The third-order valence-electron chi connectivity index (χ3n) is 4.24. The van der Waals surface area contributed by atoms with Gasteiger partial charge in [-0.25, -0.2) is 4.79 Å². The van der Waals surface area contributed by atoms with Crippen LogP contribution in [0.25, 0.3) is 11.0 Å². The van der Waals surface area contributed by atoms with E-state index in [-0.39, 0.29) is 11.6 Å². The molecule has 0 spiro atoms. The number of rotatable bonds is 3. The molecule has 3 unspecified atom stereocenters. The summed E-state index contributed by atoms with van der Waals surface area (Å²) in [4.78, 5) is 27.9. The number of carboxylic acids is 1. The summed E-state index contributed by atoms with van der Waals surface area (Å²) < 4.78 is 0.661. The van der Waals surface area contributed by atoms with Crippen molar-refractivity contribution in [3.63, 3.8) is 0 Å². The van der Waals surface area contributed by atoms with Gasteiger partial charge >= 0.3 is 11.7 Å². The van der Waals surface area contributed by atoms with Crippen molar-refractivity contribution in [1.29, 1.82) is 0 Å². The van der Waals surface area contributed by atoms with Crippen molar-refractivity contribution >= 4 is 32.9 Å².